The van der Waals surface area contributed by atoms with Crippen LogP contribution in [-0.2, 0) is 0 Å². The molecule has 7 heteroatoms. The summed E-state index contributed by atoms with van der Waals surface area (Å²) in [6.07, 6.45) is 3.63. The Kier molecular flexibility index (Phi) is 5.49. The van der Waals surface area contributed by atoms with Gasteiger partial charge in [0.1, 0.15) is 0 Å². The summed E-state index contributed by atoms with van der Waals surface area (Å²) < 4.78 is 1.56. The van der Waals surface area contributed by atoms with Gasteiger partial charge in [-0.2, -0.15) is 5.10 Å². The third kappa shape index (κ3) is 3.56. The molecule has 146 valence electrons. The molecular formula is C20H27ClN4O2. The number of amides is 1. The second-order valence-corrected chi connectivity index (χ2v) is 7.93. The van der Waals surface area contributed by atoms with Crippen molar-refractivity contribution in [2.75, 3.05) is 13.1 Å². The van der Waals surface area contributed by atoms with E-state index in [-0.39, 0.29) is 35.8 Å². The van der Waals surface area contributed by atoms with Gasteiger partial charge >= 0.3 is 0 Å². The number of hydrogen-bond acceptors (Lipinski definition) is 4. The average molecular weight is 391 g/mol. The Balaban J connectivity index is 0.00000210. The van der Waals surface area contributed by atoms with Crippen molar-refractivity contribution in [3.8, 4) is 11.4 Å². The fourth-order valence-corrected chi connectivity index (χ4v) is 4.28. The van der Waals surface area contributed by atoms with Crippen molar-refractivity contribution in [3.05, 3.63) is 41.7 Å². The standard InChI is InChI=1S/C20H26N4O2.ClH/c1-12(2)13-3-6-15(7-4-13)24-11-18(25)19(22-24)20(26)23-9-14-5-8-17(21)16(14)10-23;/h3-4,6-7,11-12,14,16-17,25H,5,8-10,21H2,1-2H3;1H. The summed E-state index contributed by atoms with van der Waals surface area (Å²) in [7, 11) is 0. The molecule has 3 atom stereocenters. The van der Waals surface area contributed by atoms with Gasteiger partial charge in [-0.25, -0.2) is 4.68 Å². The molecule has 6 nitrogen and oxygen atoms in total. The number of rotatable bonds is 3. The number of aromatic nitrogens is 2. The maximum Gasteiger partial charge on any atom is 0.278 e. The number of carbonyl (C=O) groups excluding carboxylic acids is 1. The van der Waals surface area contributed by atoms with Gasteiger partial charge in [0.05, 0.1) is 11.9 Å². The maximum atomic E-state index is 12.8. The summed E-state index contributed by atoms with van der Waals surface area (Å²) in [5, 5.41) is 14.6. The van der Waals surface area contributed by atoms with E-state index >= 15 is 0 Å². The molecule has 1 aliphatic heterocycles. The van der Waals surface area contributed by atoms with Gasteiger partial charge in [0.25, 0.3) is 5.91 Å². The van der Waals surface area contributed by atoms with Gasteiger partial charge in [0.15, 0.2) is 11.4 Å². The van der Waals surface area contributed by atoms with Crippen LogP contribution in [0.4, 0.5) is 0 Å². The molecule has 2 aromatic rings. The van der Waals surface area contributed by atoms with E-state index in [1.54, 1.807) is 9.58 Å². The van der Waals surface area contributed by atoms with Gasteiger partial charge in [0.2, 0.25) is 0 Å². The number of nitrogens with two attached hydrogens (primary N) is 1. The molecule has 0 bridgehead atoms. The maximum absolute atomic E-state index is 12.8. The lowest BCUT2D eigenvalue weighted by atomic mass is 9.98. The van der Waals surface area contributed by atoms with Crippen molar-refractivity contribution in [2.45, 2.75) is 38.6 Å². The average Bonchev–Trinajstić information content (AvgIpc) is 3.31. The first kappa shape index (κ1) is 19.7. The molecule has 27 heavy (non-hydrogen) atoms. The second-order valence-electron chi connectivity index (χ2n) is 7.93. The number of nitrogens with zero attached hydrogens (tertiary/aromatic N) is 3. The Morgan fingerprint density at radius 2 is 1.93 bits per heavy atom. The Hall–Kier alpha value is -2.05. The number of fused-ring (bicyclic) bond motifs is 1. The van der Waals surface area contributed by atoms with E-state index in [0.29, 0.717) is 30.8 Å². The van der Waals surface area contributed by atoms with Crippen molar-refractivity contribution in [2.24, 2.45) is 17.6 Å². The minimum atomic E-state index is -0.207. The monoisotopic (exact) mass is 390 g/mol. The minimum absolute atomic E-state index is 0. The Bertz CT molecular complexity index is 818. The number of carbonyl (C=O) groups is 1. The Morgan fingerprint density at radius 3 is 2.56 bits per heavy atom. The molecule has 3 unspecified atom stereocenters. The highest BCUT2D eigenvalue weighted by atomic mass is 35.5. The molecule has 2 aliphatic rings. The van der Waals surface area contributed by atoms with Crippen LogP contribution in [0.3, 0.4) is 0 Å². The molecule has 4 rings (SSSR count). The van der Waals surface area contributed by atoms with Crippen molar-refractivity contribution < 1.29 is 9.90 Å². The molecule has 1 aromatic carbocycles. The van der Waals surface area contributed by atoms with Crippen LogP contribution in [0.5, 0.6) is 5.75 Å². The third-order valence-corrected chi connectivity index (χ3v) is 5.92. The fourth-order valence-electron chi connectivity index (χ4n) is 4.28. The van der Waals surface area contributed by atoms with Gasteiger partial charge in [-0.15, -0.1) is 12.4 Å². The molecule has 0 spiro atoms. The first-order chi connectivity index (χ1) is 12.4. The van der Waals surface area contributed by atoms with Crippen LogP contribution in [0.2, 0.25) is 0 Å². The van der Waals surface area contributed by atoms with Crippen LogP contribution in [0.15, 0.2) is 30.5 Å². The third-order valence-electron chi connectivity index (χ3n) is 5.92. The zero-order valence-corrected chi connectivity index (χ0v) is 16.5. The van der Waals surface area contributed by atoms with Crippen LogP contribution in [0.1, 0.15) is 48.7 Å². The van der Waals surface area contributed by atoms with Gasteiger partial charge in [-0.3, -0.25) is 4.79 Å². The van der Waals surface area contributed by atoms with Crippen molar-refractivity contribution >= 4 is 18.3 Å². The lowest BCUT2D eigenvalue weighted by molar-refractivity contribution is 0.0770. The number of likely N-dealkylation sites (tertiary alicyclic amines) is 1. The van der Waals surface area contributed by atoms with Crippen LogP contribution in [-0.4, -0.2) is 44.8 Å². The lowest BCUT2D eigenvalue weighted by Gasteiger charge is -2.17. The molecule has 1 aliphatic carbocycles. The molecule has 0 radical (unpaired) electrons. The summed E-state index contributed by atoms with van der Waals surface area (Å²) in [6, 6.07) is 8.18. The van der Waals surface area contributed by atoms with Crippen LogP contribution < -0.4 is 5.73 Å². The summed E-state index contributed by atoms with van der Waals surface area (Å²) in [4.78, 5) is 14.6. The zero-order valence-electron chi connectivity index (χ0n) is 15.7. The highest BCUT2D eigenvalue weighted by Gasteiger charge is 2.43. The topological polar surface area (TPSA) is 84.4 Å². The van der Waals surface area contributed by atoms with Crippen LogP contribution >= 0.6 is 12.4 Å². The molecule has 1 amide bonds. The predicted octanol–water partition coefficient (Wildman–Crippen LogP) is 2.93. The zero-order chi connectivity index (χ0) is 18.4. The number of halogens is 1. The fraction of sp³-hybridized carbons (Fsp3) is 0.500. The largest absolute Gasteiger partial charge is 0.504 e. The quantitative estimate of drug-likeness (QED) is 0.843. The summed E-state index contributed by atoms with van der Waals surface area (Å²) in [5.74, 6) is 1.03. The molecule has 2 fully saturated rings. The number of hydrogen-bond donors (Lipinski definition) is 2. The first-order valence-electron chi connectivity index (χ1n) is 9.38. The van der Waals surface area contributed by atoms with Crippen LogP contribution in [0, 0.1) is 11.8 Å². The summed E-state index contributed by atoms with van der Waals surface area (Å²) in [5.41, 5.74) is 8.33. The van der Waals surface area contributed by atoms with E-state index in [9.17, 15) is 9.90 Å². The molecule has 1 saturated heterocycles. The molecular weight excluding hydrogens is 364 g/mol. The van der Waals surface area contributed by atoms with E-state index in [4.69, 9.17) is 5.73 Å². The first-order valence-corrected chi connectivity index (χ1v) is 9.38. The normalized spacial score (nSPS) is 24.1. The Morgan fingerprint density at radius 1 is 1.22 bits per heavy atom. The minimum Gasteiger partial charge on any atom is -0.504 e. The van der Waals surface area contributed by atoms with Crippen molar-refractivity contribution in [3.63, 3.8) is 0 Å². The van der Waals surface area contributed by atoms with Gasteiger partial charge in [-0.1, -0.05) is 26.0 Å². The highest BCUT2D eigenvalue weighted by molar-refractivity contribution is 5.95. The predicted molar refractivity (Wildman–Crippen MR) is 107 cm³/mol. The highest BCUT2D eigenvalue weighted by Crippen LogP contribution is 2.38. The summed E-state index contributed by atoms with van der Waals surface area (Å²) >= 11 is 0. The summed E-state index contributed by atoms with van der Waals surface area (Å²) in [6.45, 7) is 5.66. The smallest absolute Gasteiger partial charge is 0.278 e. The Labute approximate surface area is 165 Å². The number of aromatic hydroxyl groups is 1. The van der Waals surface area contributed by atoms with E-state index in [0.717, 1.165) is 18.5 Å². The SMILES string of the molecule is CC(C)c1ccc(-n2cc(O)c(C(=O)N3CC4CCC(N)C4C3)n2)cc1.Cl. The van der Waals surface area contributed by atoms with E-state index in [1.165, 1.54) is 11.8 Å². The number of benzene rings is 1. The second kappa shape index (κ2) is 7.52. The van der Waals surface area contributed by atoms with Gasteiger partial charge < -0.3 is 15.7 Å². The van der Waals surface area contributed by atoms with E-state index in [1.807, 2.05) is 24.3 Å². The molecule has 1 aromatic heterocycles. The molecule has 3 N–H and O–H groups in total. The van der Waals surface area contributed by atoms with Crippen LogP contribution in [0.25, 0.3) is 5.69 Å². The molecule has 2 heterocycles. The lowest BCUT2D eigenvalue weighted by Crippen LogP contribution is -2.33. The van der Waals surface area contributed by atoms with Gasteiger partial charge in [0, 0.05) is 19.1 Å². The van der Waals surface area contributed by atoms with Crippen molar-refractivity contribution in [1.29, 1.82) is 0 Å². The van der Waals surface area contributed by atoms with E-state index in [2.05, 4.69) is 18.9 Å². The van der Waals surface area contributed by atoms with E-state index < -0.39 is 0 Å². The van der Waals surface area contributed by atoms with Crippen molar-refractivity contribution in [1.82, 2.24) is 14.7 Å². The molecule has 1 saturated carbocycles. The van der Waals surface area contributed by atoms with Gasteiger partial charge in [-0.05, 0) is 48.3 Å².